The van der Waals surface area contributed by atoms with Crippen LogP contribution in [0.4, 0.5) is 17.5 Å². The fraction of sp³-hybridized carbons (Fsp3) is 0.667. The molecule has 1 aliphatic carbocycles. The first-order valence-electron chi connectivity index (χ1n) is 13.6. The number of aliphatic hydroxyl groups excluding tert-OH is 1. The minimum atomic E-state index is -0.171. The maximum atomic E-state index is 9.95. The molecule has 4 heterocycles. The molecule has 2 aromatic heterocycles. The van der Waals surface area contributed by atoms with Gasteiger partial charge in [-0.15, -0.1) is 0 Å². The summed E-state index contributed by atoms with van der Waals surface area (Å²) < 4.78 is 0. The van der Waals surface area contributed by atoms with E-state index in [0.29, 0.717) is 23.1 Å². The number of halogens is 1. The van der Waals surface area contributed by atoms with Crippen molar-refractivity contribution in [1.82, 2.24) is 24.8 Å². The van der Waals surface area contributed by atoms with Crippen molar-refractivity contribution in [3.8, 4) is 0 Å². The SMILES string of the molecule is CN1CCC(CN2CCC(c3cnc(Nc4ccnc(Cl)c4)nc3N[C@H]3CC[C@H](O)CC3)CC2)CC1. The van der Waals surface area contributed by atoms with E-state index < -0.39 is 0 Å². The Morgan fingerprint density at radius 1 is 1.00 bits per heavy atom. The molecule has 0 spiro atoms. The second kappa shape index (κ2) is 12.0. The van der Waals surface area contributed by atoms with Crippen LogP contribution >= 0.6 is 11.6 Å². The molecule has 2 saturated heterocycles. The molecule has 1 saturated carbocycles. The van der Waals surface area contributed by atoms with Gasteiger partial charge in [0.2, 0.25) is 5.95 Å². The predicted molar refractivity (Wildman–Crippen MR) is 145 cm³/mol. The quantitative estimate of drug-likeness (QED) is 0.466. The van der Waals surface area contributed by atoms with E-state index in [1.165, 1.54) is 38.0 Å². The molecule has 196 valence electrons. The summed E-state index contributed by atoms with van der Waals surface area (Å²) in [6.07, 6.45) is 12.0. The normalized spacial score (nSPS) is 25.1. The van der Waals surface area contributed by atoms with Crippen LogP contribution in [0, 0.1) is 5.92 Å². The molecular formula is C27H40ClN7O. The molecule has 2 aromatic rings. The molecule has 9 heteroatoms. The lowest BCUT2D eigenvalue weighted by molar-refractivity contribution is 0.126. The lowest BCUT2D eigenvalue weighted by atomic mass is 9.88. The fourth-order valence-corrected chi connectivity index (χ4v) is 6.10. The van der Waals surface area contributed by atoms with Crippen molar-refractivity contribution in [2.24, 2.45) is 5.92 Å². The standard InChI is InChI=1S/C27H40ClN7O/c1-34-12-7-19(8-13-34)18-35-14-9-20(10-15-35)24-17-30-27(32-22-6-11-29-25(28)16-22)33-26(24)31-21-2-4-23(36)5-3-21/h6,11,16-17,19-21,23,36H,2-5,7-10,12-15,18H2,1H3,(H2,29,30,31,32,33)/t21-,23-. The number of rotatable bonds is 7. The monoisotopic (exact) mass is 513 g/mol. The zero-order valence-corrected chi connectivity index (χ0v) is 22.1. The summed E-state index contributed by atoms with van der Waals surface area (Å²) in [7, 11) is 2.23. The van der Waals surface area contributed by atoms with Crippen LogP contribution in [-0.4, -0.2) is 81.8 Å². The zero-order chi connectivity index (χ0) is 24.9. The molecule has 8 nitrogen and oxygen atoms in total. The molecule has 2 aliphatic heterocycles. The van der Waals surface area contributed by atoms with Gasteiger partial charge in [-0.2, -0.15) is 4.98 Å². The predicted octanol–water partition coefficient (Wildman–Crippen LogP) is 4.51. The van der Waals surface area contributed by atoms with Gasteiger partial charge in [-0.25, -0.2) is 9.97 Å². The maximum absolute atomic E-state index is 9.95. The van der Waals surface area contributed by atoms with Crippen LogP contribution in [0.5, 0.6) is 0 Å². The van der Waals surface area contributed by atoms with Gasteiger partial charge < -0.3 is 25.5 Å². The second-order valence-corrected chi connectivity index (χ2v) is 11.3. The molecule has 0 amide bonds. The van der Waals surface area contributed by atoms with E-state index in [1.807, 2.05) is 12.3 Å². The third-order valence-electron chi connectivity index (χ3n) is 8.22. The first kappa shape index (κ1) is 25.6. The Kier molecular flexibility index (Phi) is 8.57. The van der Waals surface area contributed by atoms with Gasteiger partial charge in [0, 0.05) is 36.2 Å². The van der Waals surface area contributed by atoms with Crippen LogP contribution in [0.2, 0.25) is 5.15 Å². The Bertz CT molecular complexity index is 984. The molecule has 0 aromatic carbocycles. The Hall–Kier alpha value is -2.00. The van der Waals surface area contributed by atoms with Crippen LogP contribution in [0.3, 0.4) is 0 Å². The highest BCUT2D eigenvalue weighted by Crippen LogP contribution is 2.34. The molecule has 5 rings (SSSR count). The number of nitrogens with zero attached hydrogens (tertiary/aromatic N) is 5. The summed E-state index contributed by atoms with van der Waals surface area (Å²) in [4.78, 5) is 18.8. The Balaban J connectivity index is 1.26. The highest BCUT2D eigenvalue weighted by molar-refractivity contribution is 6.29. The minimum Gasteiger partial charge on any atom is -0.393 e. The number of aliphatic hydroxyl groups is 1. The lowest BCUT2D eigenvalue weighted by Crippen LogP contribution is -2.40. The van der Waals surface area contributed by atoms with Crippen LogP contribution in [0.25, 0.3) is 0 Å². The van der Waals surface area contributed by atoms with Gasteiger partial charge in [0.15, 0.2) is 0 Å². The van der Waals surface area contributed by atoms with E-state index in [0.717, 1.165) is 69.0 Å². The minimum absolute atomic E-state index is 0.171. The smallest absolute Gasteiger partial charge is 0.229 e. The Morgan fingerprint density at radius 2 is 1.75 bits per heavy atom. The van der Waals surface area contributed by atoms with E-state index >= 15 is 0 Å². The Labute approximate surface area is 219 Å². The largest absolute Gasteiger partial charge is 0.393 e. The number of likely N-dealkylation sites (tertiary alicyclic amines) is 2. The van der Waals surface area contributed by atoms with Crippen molar-refractivity contribution < 1.29 is 5.11 Å². The number of hydrogen-bond donors (Lipinski definition) is 3. The molecule has 3 N–H and O–H groups in total. The summed E-state index contributed by atoms with van der Waals surface area (Å²) in [6.45, 7) is 5.99. The fourth-order valence-electron chi connectivity index (χ4n) is 5.92. The van der Waals surface area contributed by atoms with Crippen LogP contribution in [0.1, 0.15) is 62.8 Å². The third-order valence-corrected chi connectivity index (χ3v) is 8.43. The summed E-state index contributed by atoms with van der Waals surface area (Å²) in [5.41, 5.74) is 2.04. The van der Waals surface area contributed by atoms with E-state index in [-0.39, 0.29) is 6.10 Å². The number of pyridine rings is 1. The van der Waals surface area contributed by atoms with E-state index in [4.69, 9.17) is 16.6 Å². The van der Waals surface area contributed by atoms with Gasteiger partial charge in [0.05, 0.1) is 6.10 Å². The average Bonchev–Trinajstić information content (AvgIpc) is 2.88. The van der Waals surface area contributed by atoms with Crippen molar-refractivity contribution in [1.29, 1.82) is 0 Å². The van der Waals surface area contributed by atoms with Crippen molar-refractivity contribution in [3.63, 3.8) is 0 Å². The molecular weight excluding hydrogens is 474 g/mol. The van der Waals surface area contributed by atoms with Gasteiger partial charge in [0.1, 0.15) is 11.0 Å². The molecule has 0 radical (unpaired) electrons. The molecule has 36 heavy (non-hydrogen) atoms. The van der Waals surface area contributed by atoms with E-state index in [1.54, 1.807) is 12.3 Å². The highest BCUT2D eigenvalue weighted by atomic mass is 35.5. The number of piperidine rings is 2. The zero-order valence-electron chi connectivity index (χ0n) is 21.4. The molecule has 3 fully saturated rings. The highest BCUT2D eigenvalue weighted by Gasteiger charge is 2.28. The van der Waals surface area contributed by atoms with Crippen molar-refractivity contribution >= 4 is 29.1 Å². The van der Waals surface area contributed by atoms with E-state index in [2.05, 4.69) is 37.4 Å². The van der Waals surface area contributed by atoms with Gasteiger partial charge in [0.25, 0.3) is 0 Å². The summed E-state index contributed by atoms with van der Waals surface area (Å²) in [5, 5.41) is 17.4. The molecule has 0 atom stereocenters. The first-order chi connectivity index (χ1) is 17.5. The van der Waals surface area contributed by atoms with E-state index in [9.17, 15) is 5.11 Å². The molecule has 0 unspecified atom stereocenters. The number of anilines is 3. The Morgan fingerprint density at radius 3 is 2.47 bits per heavy atom. The van der Waals surface area contributed by atoms with Crippen molar-refractivity contribution in [2.45, 2.75) is 69.4 Å². The first-order valence-corrected chi connectivity index (χ1v) is 14.0. The van der Waals surface area contributed by atoms with Gasteiger partial charge in [-0.1, -0.05) is 11.6 Å². The molecule has 0 bridgehead atoms. The lowest BCUT2D eigenvalue weighted by Gasteiger charge is -2.37. The van der Waals surface area contributed by atoms with Gasteiger partial charge in [-0.05, 0) is 109 Å². The van der Waals surface area contributed by atoms with Gasteiger partial charge in [-0.3, -0.25) is 0 Å². The number of aromatic nitrogens is 3. The van der Waals surface area contributed by atoms with Gasteiger partial charge >= 0.3 is 0 Å². The van der Waals surface area contributed by atoms with Crippen LogP contribution in [-0.2, 0) is 0 Å². The second-order valence-electron chi connectivity index (χ2n) is 11.0. The van der Waals surface area contributed by atoms with Crippen molar-refractivity contribution in [2.75, 3.05) is 50.4 Å². The number of hydrogen-bond acceptors (Lipinski definition) is 8. The summed E-state index contributed by atoms with van der Waals surface area (Å²) in [5.74, 6) is 2.79. The maximum Gasteiger partial charge on any atom is 0.229 e. The topological polar surface area (TPSA) is 89.4 Å². The van der Waals surface area contributed by atoms with Crippen molar-refractivity contribution in [3.05, 3.63) is 35.2 Å². The third kappa shape index (κ3) is 6.85. The molecule has 3 aliphatic rings. The summed E-state index contributed by atoms with van der Waals surface area (Å²) >= 11 is 6.06. The number of nitrogens with one attached hydrogen (secondary N) is 2. The summed E-state index contributed by atoms with van der Waals surface area (Å²) in [6, 6.07) is 3.96. The van der Waals surface area contributed by atoms with Crippen LogP contribution in [0.15, 0.2) is 24.5 Å². The van der Waals surface area contributed by atoms with Crippen LogP contribution < -0.4 is 10.6 Å². The average molecular weight is 514 g/mol.